The number of ether oxygens (including phenoxy) is 1. The minimum absolute atomic E-state index is 0.0396. The van der Waals surface area contributed by atoms with Crippen molar-refractivity contribution in [1.82, 2.24) is 24.9 Å². The molecule has 2 aromatic carbocycles. The standard InChI is InChI=1S/C22H21ClN6O2/c1-31-14-10-8-13(9-11-14)19-27-20-15-5-4-6-16(23)18(15)26-22(29(20)28-19)25-17-7-2-3-12-24-21(17)30/h4-6,8-11,17H,2-3,7,12H2,1H3,(H,24,30)(H,25,26)/t17-/m1/s1. The van der Waals surface area contributed by atoms with Crippen LogP contribution in [0, 0.1) is 0 Å². The highest BCUT2D eigenvalue weighted by Crippen LogP contribution is 2.29. The minimum atomic E-state index is -0.397. The first-order valence-electron chi connectivity index (χ1n) is 10.2. The smallest absolute Gasteiger partial charge is 0.242 e. The maximum absolute atomic E-state index is 12.5. The van der Waals surface area contributed by atoms with Gasteiger partial charge in [-0.1, -0.05) is 17.7 Å². The van der Waals surface area contributed by atoms with Crippen molar-refractivity contribution in [3.63, 3.8) is 0 Å². The van der Waals surface area contributed by atoms with Crippen LogP contribution in [0.3, 0.4) is 0 Å². The highest BCUT2D eigenvalue weighted by atomic mass is 35.5. The second-order valence-electron chi connectivity index (χ2n) is 7.45. The maximum atomic E-state index is 12.5. The molecule has 1 atom stereocenters. The molecule has 4 aromatic rings. The van der Waals surface area contributed by atoms with Crippen LogP contribution in [0.4, 0.5) is 5.95 Å². The van der Waals surface area contributed by atoms with Gasteiger partial charge < -0.3 is 15.4 Å². The number of nitrogens with zero attached hydrogens (tertiary/aromatic N) is 4. The summed E-state index contributed by atoms with van der Waals surface area (Å²) >= 11 is 6.44. The van der Waals surface area contributed by atoms with Gasteiger partial charge in [0.25, 0.3) is 0 Å². The Hall–Kier alpha value is -3.39. The van der Waals surface area contributed by atoms with Crippen LogP contribution in [-0.2, 0) is 4.79 Å². The van der Waals surface area contributed by atoms with Crippen LogP contribution < -0.4 is 15.4 Å². The molecule has 2 aromatic heterocycles. The van der Waals surface area contributed by atoms with Crippen LogP contribution >= 0.6 is 11.6 Å². The molecule has 9 heteroatoms. The Morgan fingerprint density at radius 3 is 2.81 bits per heavy atom. The van der Waals surface area contributed by atoms with Crippen LogP contribution in [0.1, 0.15) is 19.3 Å². The lowest BCUT2D eigenvalue weighted by molar-refractivity contribution is -0.121. The Morgan fingerprint density at radius 2 is 2.00 bits per heavy atom. The van der Waals surface area contributed by atoms with E-state index in [0.29, 0.717) is 34.5 Å². The average molecular weight is 437 g/mol. The Kier molecular flexibility index (Phi) is 5.07. The van der Waals surface area contributed by atoms with Crippen molar-refractivity contribution < 1.29 is 9.53 Å². The number of hydrogen-bond donors (Lipinski definition) is 2. The topological polar surface area (TPSA) is 93.4 Å². The number of amides is 1. The number of fused-ring (bicyclic) bond motifs is 3. The number of para-hydroxylation sites is 1. The predicted octanol–water partition coefficient (Wildman–Crippen LogP) is 3.69. The summed E-state index contributed by atoms with van der Waals surface area (Å²) in [5.74, 6) is 1.70. The summed E-state index contributed by atoms with van der Waals surface area (Å²) in [6, 6.07) is 12.7. The molecule has 0 bridgehead atoms. The number of nitrogens with one attached hydrogen (secondary N) is 2. The highest BCUT2D eigenvalue weighted by Gasteiger charge is 2.24. The van der Waals surface area contributed by atoms with Crippen LogP contribution in [0.25, 0.3) is 27.9 Å². The van der Waals surface area contributed by atoms with Crippen LogP contribution in [0.2, 0.25) is 5.02 Å². The van der Waals surface area contributed by atoms with Gasteiger partial charge in [-0.05, 0) is 55.7 Å². The van der Waals surface area contributed by atoms with E-state index in [1.165, 1.54) is 0 Å². The van der Waals surface area contributed by atoms with Crippen molar-refractivity contribution >= 4 is 40.0 Å². The molecule has 1 amide bonds. The summed E-state index contributed by atoms with van der Waals surface area (Å²) in [6.45, 7) is 0.689. The van der Waals surface area contributed by atoms with Gasteiger partial charge in [-0.25, -0.2) is 9.97 Å². The van der Waals surface area contributed by atoms with E-state index in [2.05, 4.69) is 10.6 Å². The summed E-state index contributed by atoms with van der Waals surface area (Å²) in [5.41, 5.74) is 2.08. The number of halogens is 1. The zero-order valence-corrected chi connectivity index (χ0v) is 17.7. The number of benzene rings is 2. The summed E-state index contributed by atoms with van der Waals surface area (Å²) in [6.07, 6.45) is 2.62. The quantitative estimate of drug-likeness (QED) is 0.506. The Bertz CT molecular complexity index is 1270. The van der Waals surface area contributed by atoms with Crippen LogP contribution in [0.5, 0.6) is 5.75 Å². The zero-order valence-electron chi connectivity index (χ0n) is 16.9. The highest BCUT2D eigenvalue weighted by molar-refractivity contribution is 6.35. The average Bonchev–Trinajstić information content (AvgIpc) is 3.15. The second kappa shape index (κ2) is 8.03. The molecule has 1 aliphatic rings. The van der Waals surface area contributed by atoms with Crippen molar-refractivity contribution in [3.05, 3.63) is 47.5 Å². The largest absolute Gasteiger partial charge is 0.497 e. The third kappa shape index (κ3) is 3.63. The molecular weight excluding hydrogens is 416 g/mol. The Labute approximate surface area is 183 Å². The van der Waals surface area contributed by atoms with E-state index in [1.807, 2.05) is 36.4 Å². The molecule has 1 fully saturated rings. The predicted molar refractivity (Wildman–Crippen MR) is 120 cm³/mol. The maximum Gasteiger partial charge on any atom is 0.242 e. The molecule has 0 unspecified atom stereocenters. The molecule has 158 valence electrons. The fraction of sp³-hybridized carbons (Fsp3) is 0.273. The first kappa shape index (κ1) is 19.6. The van der Waals surface area contributed by atoms with Crippen molar-refractivity contribution in [3.8, 4) is 17.1 Å². The molecule has 1 aliphatic heterocycles. The van der Waals surface area contributed by atoms with Crippen molar-refractivity contribution in [2.24, 2.45) is 0 Å². The van der Waals surface area contributed by atoms with E-state index in [4.69, 9.17) is 31.4 Å². The number of carbonyl (C=O) groups is 1. The minimum Gasteiger partial charge on any atom is -0.497 e. The van der Waals surface area contributed by atoms with E-state index >= 15 is 0 Å². The first-order valence-corrected chi connectivity index (χ1v) is 10.6. The van der Waals surface area contributed by atoms with Gasteiger partial charge in [0.15, 0.2) is 11.5 Å². The Morgan fingerprint density at radius 1 is 1.16 bits per heavy atom. The van der Waals surface area contributed by atoms with E-state index in [0.717, 1.165) is 36.0 Å². The van der Waals surface area contributed by atoms with Gasteiger partial charge >= 0.3 is 0 Å². The number of rotatable bonds is 4. The summed E-state index contributed by atoms with van der Waals surface area (Å²) in [4.78, 5) is 22.0. The molecule has 0 radical (unpaired) electrons. The fourth-order valence-corrected chi connectivity index (χ4v) is 4.00. The number of hydrogen-bond acceptors (Lipinski definition) is 6. The molecule has 3 heterocycles. The van der Waals surface area contributed by atoms with E-state index in [-0.39, 0.29) is 5.91 Å². The van der Waals surface area contributed by atoms with E-state index in [9.17, 15) is 4.79 Å². The van der Waals surface area contributed by atoms with Gasteiger partial charge in [0.2, 0.25) is 11.9 Å². The number of aromatic nitrogens is 4. The second-order valence-corrected chi connectivity index (χ2v) is 7.86. The Balaban J connectivity index is 1.66. The molecule has 0 spiro atoms. The van der Waals surface area contributed by atoms with Crippen molar-refractivity contribution in [2.45, 2.75) is 25.3 Å². The normalized spacial score (nSPS) is 16.8. The molecule has 0 saturated carbocycles. The molecular formula is C22H21ClN6O2. The molecule has 1 saturated heterocycles. The lowest BCUT2D eigenvalue weighted by Gasteiger charge is -2.17. The van der Waals surface area contributed by atoms with Crippen LogP contribution in [0.15, 0.2) is 42.5 Å². The van der Waals surface area contributed by atoms with Gasteiger partial charge in [0.1, 0.15) is 11.8 Å². The first-order chi connectivity index (χ1) is 15.1. The van der Waals surface area contributed by atoms with E-state index in [1.54, 1.807) is 17.7 Å². The molecule has 0 aliphatic carbocycles. The monoisotopic (exact) mass is 436 g/mol. The van der Waals surface area contributed by atoms with Gasteiger partial charge in [-0.2, -0.15) is 4.52 Å². The summed E-state index contributed by atoms with van der Waals surface area (Å²) < 4.78 is 6.89. The van der Waals surface area contributed by atoms with Gasteiger partial charge in [0.05, 0.1) is 17.6 Å². The zero-order chi connectivity index (χ0) is 21.4. The molecule has 5 rings (SSSR count). The third-order valence-corrected chi connectivity index (χ3v) is 5.75. The number of carbonyl (C=O) groups excluding carboxylic acids is 1. The van der Waals surface area contributed by atoms with E-state index < -0.39 is 6.04 Å². The number of anilines is 1. The summed E-state index contributed by atoms with van der Waals surface area (Å²) in [5, 5.41) is 12.2. The molecule has 2 N–H and O–H groups in total. The lowest BCUT2D eigenvalue weighted by atomic mass is 10.1. The summed E-state index contributed by atoms with van der Waals surface area (Å²) in [7, 11) is 1.63. The molecule has 31 heavy (non-hydrogen) atoms. The molecule has 8 nitrogen and oxygen atoms in total. The lowest BCUT2D eigenvalue weighted by Crippen LogP contribution is -2.38. The van der Waals surface area contributed by atoms with Gasteiger partial charge in [-0.15, -0.1) is 5.10 Å². The number of methoxy groups -OCH3 is 1. The van der Waals surface area contributed by atoms with Gasteiger partial charge in [-0.3, -0.25) is 4.79 Å². The SMILES string of the molecule is COc1ccc(-c2nc3c4cccc(Cl)c4nc(N[C@@H]4CCCCNC4=O)n3n2)cc1. The van der Waals surface area contributed by atoms with Crippen molar-refractivity contribution in [1.29, 1.82) is 0 Å². The third-order valence-electron chi connectivity index (χ3n) is 5.44. The van der Waals surface area contributed by atoms with Gasteiger partial charge in [0, 0.05) is 17.5 Å². The van der Waals surface area contributed by atoms with Crippen molar-refractivity contribution in [2.75, 3.05) is 19.0 Å². The fourth-order valence-electron chi connectivity index (χ4n) is 3.79. The van der Waals surface area contributed by atoms with Crippen LogP contribution in [-0.4, -0.2) is 45.2 Å².